The van der Waals surface area contributed by atoms with Gasteiger partial charge in [0, 0.05) is 31.6 Å². The van der Waals surface area contributed by atoms with Crippen LogP contribution in [0.1, 0.15) is 66.2 Å². The normalized spacial score (nSPS) is 12.0. The molecule has 0 saturated carbocycles. The van der Waals surface area contributed by atoms with Gasteiger partial charge in [0.2, 0.25) is 0 Å². The monoisotopic (exact) mass is 310 g/mol. The van der Waals surface area contributed by atoms with Gasteiger partial charge < -0.3 is 9.59 Å². The van der Waals surface area contributed by atoms with E-state index in [-0.39, 0.29) is 54.1 Å². The third kappa shape index (κ3) is 10.1. The lowest BCUT2D eigenvalue weighted by molar-refractivity contribution is -0.131. The maximum atomic E-state index is 11.9. The lowest BCUT2D eigenvalue weighted by Crippen LogP contribution is -2.18. The first-order chi connectivity index (χ1) is 10.1. The van der Waals surface area contributed by atoms with Gasteiger partial charge in [-0.2, -0.15) is 0 Å². The first kappa shape index (κ1) is 20.3. The summed E-state index contributed by atoms with van der Waals surface area (Å²) in [6, 6.07) is 0. The molecular formula is C17H26O5. The van der Waals surface area contributed by atoms with Crippen molar-refractivity contribution >= 4 is 28.9 Å². The molecule has 0 rings (SSSR count). The van der Waals surface area contributed by atoms with E-state index in [0.29, 0.717) is 19.3 Å². The zero-order valence-corrected chi connectivity index (χ0v) is 13.9. The second-order valence-electron chi connectivity index (χ2n) is 6.21. The molecule has 0 aliphatic rings. The molecule has 1 unspecified atom stereocenters. The van der Waals surface area contributed by atoms with Crippen molar-refractivity contribution in [2.75, 3.05) is 0 Å². The fourth-order valence-corrected chi connectivity index (χ4v) is 2.43. The Balaban J connectivity index is 4.33. The van der Waals surface area contributed by atoms with Crippen LogP contribution in [0.25, 0.3) is 0 Å². The summed E-state index contributed by atoms with van der Waals surface area (Å²) in [6.45, 7) is 5.93. The quantitative estimate of drug-likeness (QED) is 0.517. The van der Waals surface area contributed by atoms with Gasteiger partial charge in [-0.15, -0.1) is 0 Å². The zero-order valence-electron chi connectivity index (χ0n) is 13.9. The van der Waals surface area contributed by atoms with Gasteiger partial charge >= 0.3 is 0 Å². The standard InChI is InChI=1S/C17H26O5/c1-11(17(22)10-14(4)20)7-16(21)6-5-15(8-12(2)18)9-13(3)19/h11,15H,5-10H2,1-4H3. The SMILES string of the molecule is CC(=O)CC(=O)C(C)CC(=O)CCC(CC(C)=O)CC(C)=O. The Labute approximate surface area is 131 Å². The third-order valence-electron chi connectivity index (χ3n) is 3.49. The second kappa shape index (κ2) is 10.1. The van der Waals surface area contributed by atoms with E-state index < -0.39 is 5.92 Å². The number of rotatable bonds is 12. The summed E-state index contributed by atoms with van der Waals surface area (Å²) >= 11 is 0. The van der Waals surface area contributed by atoms with Gasteiger partial charge in [-0.25, -0.2) is 0 Å². The van der Waals surface area contributed by atoms with Gasteiger partial charge in [-0.1, -0.05) is 6.92 Å². The summed E-state index contributed by atoms with van der Waals surface area (Å²) < 4.78 is 0. The van der Waals surface area contributed by atoms with Gasteiger partial charge in [-0.05, 0) is 33.1 Å². The largest absolute Gasteiger partial charge is 0.300 e. The molecule has 0 fully saturated rings. The number of hydrogen-bond acceptors (Lipinski definition) is 5. The predicted octanol–water partition coefficient (Wildman–Crippen LogP) is 2.48. The molecular weight excluding hydrogens is 284 g/mol. The Hall–Kier alpha value is -1.65. The Bertz CT molecular complexity index is 434. The van der Waals surface area contributed by atoms with Crippen LogP contribution >= 0.6 is 0 Å². The summed E-state index contributed by atoms with van der Waals surface area (Å²) in [4.78, 5) is 56.8. The van der Waals surface area contributed by atoms with Crippen molar-refractivity contribution in [2.24, 2.45) is 11.8 Å². The Kier molecular flexibility index (Phi) is 9.38. The summed E-state index contributed by atoms with van der Waals surface area (Å²) in [5.41, 5.74) is 0. The summed E-state index contributed by atoms with van der Waals surface area (Å²) in [7, 11) is 0. The van der Waals surface area contributed by atoms with Gasteiger partial charge in [-0.3, -0.25) is 14.4 Å². The summed E-state index contributed by atoms with van der Waals surface area (Å²) in [5, 5.41) is 0. The van der Waals surface area contributed by atoms with Crippen LogP contribution in [0, 0.1) is 11.8 Å². The van der Waals surface area contributed by atoms with Gasteiger partial charge in [0.25, 0.3) is 0 Å². The highest BCUT2D eigenvalue weighted by Gasteiger charge is 2.20. The van der Waals surface area contributed by atoms with Crippen molar-refractivity contribution in [3.63, 3.8) is 0 Å². The first-order valence-electron chi connectivity index (χ1n) is 7.64. The van der Waals surface area contributed by atoms with E-state index in [1.807, 2.05) is 0 Å². The molecule has 5 heteroatoms. The molecule has 0 N–H and O–H groups in total. The van der Waals surface area contributed by atoms with Crippen LogP contribution < -0.4 is 0 Å². The highest BCUT2D eigenvalue weighted by atomic mass is 16.2. The number of ketones is 5. The van der Waals surface area contributed by atoms with E-state index in [4.69, 9.17) is 0 Å². The average Bonchev–Trinajstić information content (AvgIpc) is 2.33. The number of Topliss-reactive ketones (excluding diaryl/α,β-unsaturated/α-hetero) is 5. The highest BCUT2D eigenvalue weighted by Crippen LogP contribution is 2.19. The summed E-state index contributed by atoms with van der Waals surface area (Å²) in [5.74, 6) is -1.05. The lowest BCUT2D eigenvalue weighted by Gasteiger charge is -2.14. The molecule has 0 aromatic heterocycles. The minimum Gasteiger partial charge on any atom is -0.300 e. The van der Waals surface area contributed by atoms with Crippen molar-refractivity contribution in [3.05, 3.63) is 0 Å². The van der Waals surface area contributed by atoms with Crippen LogP contribution in [0.3, 0.4) is 0 Å². The topological polar surface area (TPSA) is 85.3 Å². The molecule has 5 nitrogen and oxygen atoms in total. The van der Waals surface area contributed by atoms with Crippen LogP contribution in [-0.2, 0) is 24.0 Å². The molecule has 0 aromatic carbocycles. The molecule has 0 bridgehead atoms. The zero-order chi connectivity index (χ0) is 17.3. The van der Waals surface area contributed by atoms with E-state index in [2.05, 4.69) is 0 Å². The fraction of sp³-hybridized carbons (Fsp3) is 0.706. The molecule has 124 valence electrons. The lowest BCUT2D eigenvalue weighted by atomic mass is 9.89. The van der Waals surface area contributed by atoms with Crippen LogP contribution in [0.4, 0.5) is 0 Å². The molecule has 1 atom stereocenters. The molecule has 0 aliphatic carbocycles. The van der Waals surface area contributed by atoms with E-state index >= 15 is 0 Å². The number of hydrogen-bond donors (Lipinski definition) is 0. The average molecular weight is 310 g/mol. The molecule has 0 aromatic rings. The first-order valence-corrected chi connectivity index (χ1v) is 7.64. The number of carbonyl (C=O) groups excluding carboxylic acids is 5. The van der Waals surface area contributed by atoms with Crippen LogP contribution in [0.5, 0.6) is 0 Å². The molecule has 0 radical (unpaired) electrons. The number of carbonyl (C=O) groups is 5. The van der Waals surface area contributed by atoms with Crippen molar-refractivity contribution < 1.29 is 24.0 Å². The highest BCUT2D eigenvalue weighted by molar-refractivity contribution is 6.00. The van der Waals surface area contributed by atoms with E-state index in [1.165, 1.54) is 20.8 Å². The second-order valence-corrected chi connectivity index (χ2v) is 6.21. The molecule has 22 heavy (non-hydrogen) atoms. The Morgan fingerprint density at radius 1 is 0.773 bits per heavy atom. The molecule has 0 aliphatic heterocycles. The minimum atomic E-state index is -0.463. The smallest absolute Gasteiger partial charge is 0.143 e. The molecule has 0 saturated heterocycles. The van der Waals surface area contributed by atoms with E-state index in [1.54, 1.807) is 6.92 Å². The van der Waals surface area contributed by atoms with Crippen molar-refractivity contribution in [3.8, 4) is 0 Å². The Morgan fingerprint density at radius 2 is 1.27 bits per heavy atom. The van der Waals surface area contributed by atoms with Gasteiger partial charge in [0.05, 0.1) is 6.42 Å². The van der Waals surface area contributed by atoms with Crippen LogP contribution in [0.15, 0.2) is 0 Å². The fourth-order valence-electron chi connectivity index (χ4n) is 2.43. The van der Waals surface area contributed by atoms with Crippen LogP contribution in [0.2, 0.25) is 0 Å². The maximum Gasteiger partial charge on any atom is 0.143 e. The van der Waals surface area contributed by atoms with Gasteiger partial charge in [0.15, 0.2) is 0 Å². The third-order valence-corrected chi connectivity index (χ3v) is 3.49. The van der Waals surface area contributed by atoms with Crippen molar-refractivity contribution in [1.82, 2.24) is 0 Å². The van der Waals surface area contributed by atoms with Crippen molar-refractivity contribution in [2.45, 2.75) is 66.2 Å². The predicted molar refractivity (Wildman–Crippen MR) is 82.4 cm³/mol. The van der Waals surface area contributed by atoms with E-state index in [0.717, 1.165) is 0 Å². The molecule has 0 amide bonds. The van der Waals surface area contributed by atoms with Crippen molar-refractivity contribution in [1.29, 1.82) is 0 Å². The van der Waals surface area contributed by atoms with Gasteiger partial charge in [0.1, 0.15) is 28.9 Å². The Morgan fingerprint density at radius 3 is 1.68 bits per heavy atom. The maximum absolute atomic E-state index is 11.9. The van der Waals surface area contributed by atoms with E-state index in [9.17, 15) is 24.0 Å². The molecule has 0 spiro atoms. The molecule has 0 heterocycles. The van der Waals surface area contributed by atoms with Crippen LogP contribution in [-0.4, -0.2) is 28.9 Å². The minimum absolute atomic E-state index is 0.00343. The summed E-state index contributed by atoms with van der Waals surface area (Å²) in [6.07, 6.45) is 1.30.